The van der Waals surface area contributed by atoms with Crippen molar-refractivity contribution in [2.45, 2.75) is 45.4 Å². The summed E-state index contributed by atoms with van der Waals surface area (Å²) in [5, 5.41) is 0. The Morgan fingerprint density at radius 1 is 1.00 bits per heavy atom. The molecule has 3 nitrogen and oxygen atoms in total. The Labute approximate surface area is 130 Å². The maximum absolute atomic E-state index is 4.11. The molecule has 0 amide bonds. The first-order valence-electron chi connectivity index (χ1n) is 8.72. The lowest BCUT2D eigenvalue weighted by molar-refractivity contribution is -0.910. The number of nitrogens with zero attached hydrogens (tertiary/aromatic N) is 3. The molecule has 0 saturated carbocycles. The molecule has 2 rings (SSSR count). The van der Waals surface area contributed by atoms with Crippen LogP contribution in [0.4, 0.5) is 5.69 Å². The molecule has 2 heterocycles. The summed E-state index contributed by atoms with van der Waals surface area (Å²) in [6, 6.07) is 4.26. The van der Waals surface area contributed by atoms with Gasteiger partial charge in [-0.1, -0.05) is 32.6 Å². The van der Waals surface area contributed by atoms with Crippen molar-refractivity contribution in [3.05, 3.63) is 24.5 Å². The van der Waals surface area contributed by atoms with Crippen LogP contribution in [0, 0.1) is 0 Å². The van der Waals surface area contributed by atoms with Gasteiger partial charge in [-0.3, -0.25) is 4.98 Å². The zero-order valence-electron chi connectivity index (χ0n) is 13.9. The van der Waals surface area contributed by atoms with Crippen molar-refractivity contribution in [2.24, 2.45) is 0 Å². The average Bonchev–Trinajstić information content (AvgIpc) is 2.52. The molecule has 0 aromatic carbocycles. The van der Waals surface area contributed by atoms with E-state index in [-0.39, 0.29) is 0 Å². The summed E-state index contributed by atoms with van der Waals surface area (Å²) in [5.41, 5.74) is 1.33. The van der Waals surface area contributed by atoms with E-state index in [2.05, 4.69) is 36.0 Å². The number of piperazine rings is 1. The number of rotatable bonds is 8. The van der Waals surface area contributed by atoms with Gasteiger partial charge in [-0.2, -0.15) is 0 Å². The van der Waals surface area contributed by atoms with Gasteiger partial charge in [0, 0.05) is 18.1 Å². The Balaban J connectivity index is 1.67. The van der Waals surface area contributed by atoms with Crippen molar-refractivity contribution in [3.63, 3.8) is 0 Å². The lowest BCUT2D eigenvalue weighted by Crippen LogP contribution is -2.57. The van der Waals surface area contributed by atoms with Crippen molar-refractivity contribution in [3.8, 4) is 0 Å². The number of pyridine rings is 1. The van der Waals surface area contributed by atoms with Crippen molar-refractivity contribution in [1.82, 2.24) is 4.98 Å². The van der Waals surface area contributed by atoms with Gasteiger partial charge in [0.15, 0.2) is 0 Å². The van der Waals surface area contributed by atoms with Crippen molar-refractivity contribution >= 4 is 5.69 Å². The first kappa shape index (κ1) is 16.3. The molecule has 0 atom stereocenters. The van der Waals surface area contributed by atoms with Crippen LogP contribution in [0.3, 0.4) is 0 Å². The third-order valence-electron chi connectivity index (χ3n) is 4.90. The average molecular weight is 290 g/mol. The molecule has 0 radical (unpaired) electrons. The Bertz CT molecular complexity index is 383. The Hall–Kier alpha value is -1.09. The Morgan fingerprint density at radius 3 is 2.29 bits per heavy atom. The minimum absolute atomic E-state index is 1.18. The molecule has 1 aromatic rings. The fourth-order valence-electron chi connectivity index (χ4n) is 3.26. The molecule has 1 saturated heterocycles. The maximum Gasteiger partial charge on any atom is 0.0963 e. The maximum atomic E-state index is 4.11. The van der Waals surface area contributed by atoms with Crippen LogP contribution < -0.4 is 4.90 Å². The molecule has 1 aliphatic heterocycles. The van der Waals surface area contributed by atoms with Gasteiger partial charge in [0.2, 0.25) is 0 Å². The first-order chi connectivity index (χ1) is 10.2. The summed E-state index contributed by atoms with van der Waals surface area (Å²) in [6.07, 6.45) is 12.2. The number of likely N-dealkylation sites (N-methyl/N-ethyl adjacent to an activating group) is 1. The fourth-order valence-corrected chi connectivity index (χ4v) is 3.26. The topological polar surface area (TPSA) is 16.1 Å². The fraction of sp³-hybridized carbons (Fsp3) is 0.722. The van der Waals surface area contributed by atoms with Gasteiger partial charge < -0.3 is 9.38 Å². The van der Waals surface area contributed by atoms with E-state index in [4.69, 9.17) is 0 Å². The number of unbranched alkanes of at least 4 members (excludes halogenated alkanes) is 5. The third-order valence-corrected chi connectivity index (χ3v) is 4.90. The predicted molar refractivity (Wildman–Crippen MR) is 90.6 cm³/mol. The number of anilines is 1. The van der Waals surface area contributed by atoms with Crippen LogP contribution in [0.1, 0.15) is 45.4 Å². The van der Waals surface area contributed by atoms with Gasteiger partial charge in [0.25, 0.3) is 0 Å². The lowest BCUT2D eigenvalue weighted by atomic mass is 10.1. The Morgan fingerprint density at radius 2 is 1.62 bits per heavy atom. The van der Waals surface area contributed by atoms with Gasteiger partial charge in [-0.05, 0) is 25.0 Å². The highest BCUT2D eigenvalue weighted by Crippen LogP contribution is 2.19. The van der Waals surface area contributed by atoms with E-state index in [1.165, 1.54) is 81.4 Å². The van der Waals surface area contributed by atoms with Gasteiger partial charge in [-0.15, -0.1) is 0 Å². The van der Waals surface area contributed by atoms with Crippen LogP contribution in [-0.2, 0) is 0 Å². The molecule has 3 heteroatoms. The van der Waals surface area contributed by atoms with Gasteiger partial charge in [0.1, 0.15) is 0 Å². The van der Waals surface area contributed by atoms with Crippen LogP contribution in [-0.4, -0.2) is 49.2 Å². The van der Waals surface area contributed by atoms with E-state index < -0.39 is 0 Å². The van der Waals surface area contributed by atoms with E-state index in [0.717, 1.165) is 0 Å². The standard InChI is InChI=1S/C18H32N3/c1-3-4-5-6-7-8-15-21(2)16-13-20(14-17-21)18-9-11-19-12-10-18/h9-12H,3-8,13-17H2,1-2H3/q+1. The Kier molecular flexibility index (Phi) is 6.50. The molecule has 1 aliphatic rings. The normalized spacial score (nSPS) is 17.9. The molecule has 1 aromatic heterocycles. The first-order valence-corrected chi connectivity index (χ1v) is 8.72. The number of aromatic nitrogens is 1. The second-order valence-electron chi connectivity index (χ2n) is 6.75. The zero-order valence-corrected chi connectivity index (χ0v) is 13.9. The minimum Gasteiger partial charge on any atom is -0.360 e. The van der Waals surface area contributed by atoms with E-state index in [9.17, 15) is 0 Å². The van der Waals surface area contributed by atoms with Crippen LogP contribution in [0.15, 0.2) is 24.5 Å². The molecule has 0 bridgehead atoms. The predicted octanol–water partition coefficient (Wildman–Crippen LogP) is 3.71. The van der Waals surface area contributed by atoms with Crippen LogP contribution in [0.25, 0.3) is 0 Å². The van der Waals surface area contributed by atoms with Crippen molar-refractivity contribution in [1.29, 1.82) is 0 Å². The van der Waals surface area contributed by atoms with Crippen LogP contribution in [0.5, 0.6) is 0 Å². The van der Waals surface area contributed by atoms with E-state index >= 15 is 0 Å². The summed E-state index contributed by atoms with van der Waals surface area (Å²) in [6.45, 7) is 8.55. The smallest absolute Gasteiger partial charge is 0.0963 e. The molecule has 0 spiro atoms. The molecule has 0 aliphatic carbocycles. The highest BCUT2D eigenvalue weighted by Gasteiger charge is 2.28. The highest BCUT2D eigenvalue weighted by molar-refractivity contribution is 5.44. The van der Waals surface area contributed by atoms with Crippen LogP contribution in [0.2, 0.25) is 0 Å². The summed E-state index contributed by atoms with van der Waals surface area (Å²) in [5.74, 6) is 0. The summed E-state index contributed by atoms with van der Waals surface area (Å²) in [7, 11) is 2.44. The highest BCUT2D eigenvalue weighted by atomic mass is 15.4. The second-order valence-corrected chi connectivity index (χ2v) is 6.75. The van der Waals surface area contributed by atoms with Gasteiger partial charge in [-0.25, -0.2) is 0 Å². The molecule has 118 valence electrons. The zero-order chi connectivity index (χ0) is 15.0. The summed E-state index contributed by atoms with van der Waals surface area (Å²) < 4.78 is 1.26. The third kappa shape index (κ3) is 5.31. The van der Waals surface area contributed by atoms with Gasteiger partial charge >= 0.3 is 0 Å². The summed E-state index contributed by atoms with van der Waals surface area (Å²) >= 11 is 0. The van der Waals surface area contributed by atoms with Gasteiger partial charge in [0.05, 0.1) is 39.8 Å². The van der Waals surface area contributed by atoms with Crippen molar-refractivity contribution < 1.29 is 4.48 Å². The quantitative estimate of drug-likeness (QED) is 0.536. The number of hydrogen-bond donors (Lipinski definition) is 0. The number of hydrogen-bond acceptors (Lipinski definition) is 2. The van der Waals surface area contributed by atoms with Crippen LogP contribution >= 0.6 is 0 Å². The minimum atomic E-state index is 1.18. The monoisotopic (exact) mass is 290 g/mol. The van der Waals surface area contributed by atoms with E-state index in [1.54, 1.807) is 0 Å². The van der Waals surface area contributed by atoms with Crippen molar-refractivity contribution in [2.75, 3.05) is 44.7 Å². The molecular formula is C18H32N3+. The number of quaternary nitrogens is 1. The molecule has 1 fully saturated rings. The lowest BCUT2D eigenvalue weighted by Gasteiger charge is -2.43. The molecular weight excluding hydrogens is 258 g/mol. The second kappa shape index (κ2) is 8.38. The molecule has 21 heavy (non-hydrogen) atoms. The molecule has 0 N–H and O–H groups in total. The van der Waals surface area contributed by atoms with E-state index in [0.29, 0.717) is 0 Å². The largest absolute Gasteiger partial charge is 0.360 e. The molecule has 0 unspecified atom stereocenters. The SMILES string of the molecule is CCCCCCCC[N+]1(C)CCN(c2ccncc2)CC1. The van der Waals surface area contributed by atoms with E-state index in [1.807, 2.05) is 12.4 Å². The summed E-state index contributed by atoms with van der Waals surface area (Å²) in [4.78, 5) is 6.61.